The van der Waals surface area contributed by atoms with Crippen LogP contribution < -0.4 is 15.5 Å². The Balaban J connectivity index is 1.86. The summed E-state index contributed by atoms with van der Waals surface area (Å²) in [6.45, 7) is 4.20. The number of nitrogens with zero attached hydrogens (tertiary/aromatic N) is 2. The SMILES string of the molecule is Cc1ccc([C@@H](C)NC(=O)NCc2ccnc(N(C)C)c2)o1. The molecule has 0 aliphatic rings. The molecule has 0 spiro atoms. The summed E-state index contributed by atoms with van der Waals surface area (Å²) in [5.74, 6) is 2.43. The van der Waals surface area contributed by atoms with E-state index >= 15 is 0 Å². The van der Waals surface area contributed by atoms with Gasteiger partial charge < -0.3 is 20.0 Å². The molecule has 0 aliphatic heterocycles. The van der Waals surface area contributed by atoms with E-state index in [1.54, 1.807) is 6.20 Å². The first kappa shape index (κ1) is 15.9. The van der Waals surface area contributed by atoms with Crippen molar-refractivity contribution in [2.24, 2.45) is 0 Å². The number of aromatic nitrogens is 1. The molecule has 0 fully saturated rings. The highest BCUT2D eigenvalue weighted by atomic mass is 16.3. The topological polar surface area (TPSA) is 70.4 Å². The molecule has 2 N–H and O–H groups in total. The van der Waals surface area contributed by atoms with Gasteiger partial charge in [0.2, 0.25) is 0 Å². The monoisotopic (exact) mass is 302 g/mol. The zero-order valence-electron chi connectivity index (χ0n) is 13.4. The summed E-state index contributed by atoms with van der Waals surface area (Å²) in [4.78, 5) is 18.1. The zero-order valence-corrected chi connectivity index (χ0v) is 13.4. The molecule has 0 unspecified atom stereocenters. The Labute approximate surface area is 130 Å². The van der Waals surface area contributed by atoms with E-state index in [4.69, 9.17) is 4.42 Å². The third kappa shape index (κ3) is 4.25. The fraction of sp³-hybridized carbons (Fsp3) is 0.375. The van der Waals surface area contributed by atoms with Crippen LogP contribution in [-0.2, 0) is 6.54 Å². The van der Waals surface area contributed by atoms with Gasteiger partial charge >= 0.3 is 6.03 Å². The van der Waals surface area contributed by atoms with Crippen LogP contribution in [0.25, 0.3) is 0 Å². The minimum Gasteiger partial charge on any atom is -0.464 e. The number of carbonyl (C=O) groups excluding carboxylic acids is 1. The van der Waals surface area contributed by atoms with Gasteiger partial charge in [-0.3, -0.25) is 0 Å². The van der Waals surface area contributed by atoms with Crippen LogP contribution in [0.5, 0.6) is 0 Å². The number of pyridine rings is 1. The molecule has 1 atom stereocenters. The summed E-state index contributed by atoms with van der Waals surface area (Å²) in [6.07, 6.45) is 1.73. The van der Waals surface area contributed by atoms with Crippen LogP contribution in [0.1, 0.15) is 30.0 Å². The number of nitrogens with one attached hydrogen (secondary N) is 2. The van der Waals surface area contributed by atoms with E-state index in [0.29, 0.717) is 6.54 Å². The summed E-state index contributed by atoms with van der Waals surface area (Å²) in [7, 11) is 3.86. The molecule has 0 aromatic carbocycles. The molecule has 2 amide bonds. The van der Waals surface area contributed by atoms with E-state index in [2.05, 4.69) is 15.6 Å². The van der Waals surface area contributed by atoms with Crippen molar-refractivity contribution in [3.8, 4) is 0 Å². The highest BCUT2D eigenvalue weighted by Crippen LogP contribution is 2.15. The van der Waals surface area contributed by atoms with E-state index in [1.807, 2.05) is 57.1 Å². The number of rotatable bonds is 5. The van der Waals surface area contributed by atoms with Crippen LogP contribution >= 0.6 is 0 Å². The number of amides is 2. The first-order valence-electron chi connectivity index (χ1n) is 7.18. The van der Waals surface area contributed by atoms with Gasteiger partial charge in [0.25, 0.3) is 0 Å². The van der Waals surface area contributed by atoms with Crippen LogP contribution in [0.15, 0.2) is 34.9 Å². The second kappa shape index (κ2) is 6.98. The maximum absolute atomic E-state index is 11.9. The number of hydrogen-bond donors (Lipinski definition) is 2. The molecule has 2 heterocycles. The quantitative estimate of drug-likeness (QED) is 0.890. The smallest absolute Gasteiger partial charge is 0.315 e. The summed E-state index contributed by atoms with van der Waals surface area (Å²) in [5.41, 5.74) is 0.996. The molecule has 2 aromatic heterocycles. The molecule has 2 aromatic rings. The Morgan fingerprint density at radius 1 is 1.36 bits per heavy atom. The zero-order chi connectivity index (χ0) is 16.1. The lowest BCUT2D eigenvalue weighted by Gasteiger charge is -2.14. The van der Waals surface area contributed by atoms with Gasteiger partial charge in [-0.25, -0.2) is 9.78 Å². The number of anilines is 1. The van der Waals surface area contributed by atoms with Gasteiger partial charge in [-0.1, -0.05) is 0 Å². The minimum atomic E-state index is -0.232. The molecular weight excluding hydrogens is 280 g/mol. The van der Waals surface area contributed by atoms with Crippen LogP contribution in [0.4, 0.5) is 10.6 Å². The van der Waals surface area contributed by atoms with Crippen LogP contribution in [-0.4, -0.2) is 25.1 Å². The lowest BCUT2D eigenvalue weighted by atomic mass is 10.2. The van der Waals surface area contributed by atoms with Gasteiger partial charge in [0, 0.05) is 26.8 Å². The molecule has 0 bridgehead atoms. The molecule has 0 saturated heterocycles. The average molecular weight is 302 g/mol. The second-order valence-electron chi connectivity index (χ2n) is 5.41. The molecule has 118 valence electrons. The van der Waals surface area contributed by atoms with Crippen molar-refractivity contribution in [2.45, 2.75) is 26.4 Å². The third-order valence-electron chi connectivity index (χ3n) is 3.26. The van der Waals surface area contributed by atoms with Crippen molar-refractivity contribution in [1.29, 1.82) is 0 Å². The lowest BCUT2D eigenvalue weighted by molar-refractivity contribution is 0.235. The van der Waals surface area contributed by atoms with Crippen LogP contribution in [0.2, 0.25) is 0 Å². The largest absolute Gasteiger partial charge is 0.464 e. The summed E-state index contributed by atoms with van der Waals surface area (Å²) in [6, 6.07) is 7.16. The predicted molar refractivity (Wildman–Crippen MR) is 85.8 cm³/mol. The first-order chi connectivity index (χ1) is 10.5. The number of furan rings is 1. The molecule has 22 heavy (non-hydrogen) atoms. The van der Waals surface area contributed by atoms with E-state index in [9.17, 15) is 4.79 Å². The molecule has 2 rings (SSSR count). The van der Waals surface area contributed by atoms with Gasteiger partial charge in [-0.2, -0.15) is 0 Å². The fourth-order valence-electron chi connectivity index (χ4n) is 2.00. The Morgan fingerprint density at radius 2 is 2.14 bits per heavy atom. The number of carbonyl (C=O) groups is 1. The Hall–Kier alpha value is -2.50. The van der Waals surface area contributed by atoms with Gasteiger partial charge in [-0.15, -0.1) is 0 Å². The number of hydrogen-bond acceptors (Lipinski definition) is 4. The highest BCUT2D eigenvalue weighted by Gasteiger charge is 2.12. The van der Waals surface area contributed by atoms with E-state index < -0.39 is 0 Å². The van der Waals surface area contributed by atoms with E-state index in [1.165, 1.54) is 0 Å². The van der Waals surface area contributed by atoms with Crippen molar-refractivity contribution in [3.05, 3.63) is 47.5 Å². The van der Waals surface area contributed by atoms with Crippen molar-refractivity contribution in [1.82, 2.24) is 15.6 Å². The van der Waals surface area contributed by atoms with Crippen molar-refractivity contribution in [3.63, 3.8) is 0 Å². The van der Waals surface area contributed by atoms with Crippen molar-refractivity contribution < 1.29 is 9.21 Å². The maximum atomic E-state index is 11.9. The van der Waals surface area contributed by atoms with Gasteiger partial charge in [0.1, 0.15) is 17.3 Å². The average Bonchev–Trinajstić information content (AvgIpc) is 2.92. The molecule has 0 saturated carbocycles. The van der Waals surface area contributed by atoms with E-state index in [-0.39, 0.29) is 12.1 Å². The molecular formula is C16H22N4O2. The van der Waals surface area contributed by atoms with E-state index in [0.717, 1.165) is 22.9 Å². The van der Waals surface area contributed by atoms with Gasteiger partial charge in [0.15, 0.2) is 0 Å². The normalized spacial score (nSPS) is 11.8. The fourth-order valence-corrected chi connectivity index (χ4v) is 2.00. The van der Waals surface area contributed by atoms with Crippen LogP contribution in [0, 0.1) is 6.92 Å². The molecule has 6 heteroatoms. The Kier molecular flexibility index (Phi) is 5.04. The van der Waals surface area contributed by atoms with Crippen molar-refractivity contribution in [2.75, 3.05) is 19.0 Å². The summed E-state index contributed by atoms with van der Waals surface area (Å²) >= 11 is 0. The third-order valence-corrected chi connectivity index (χ3v) is 3.26. The second-order valence-corrected chi connectivity index (χ2v) is 5.41. The summed E-state index contributed by atoms with van der Waals surface area (Å²) < 4.78 is 5.49. The Bertz CT molecular complexity index is 637. The predicted octanol–water partition coefficient (Wildman–Crippen LogP) is 2.61. The van der Waals surface area contributed by atoms with Gasteiger partial charge in [0.05, 0.1) is 6.04 Å². The minimum absolute atomic E-state index is 0.177. The maximum Gasteiger partial charge on any atom is 0.315 e. The van der Waals surface area contributed by atoms with Gasteiger partial charge in [-0.05, 0) is 43.7 Å². The molecule has 6 nitrogen and oxygen atoms in total. The number of urea groups is 1. The summed E-state index contributed by atoms with van der Waals surface area (Å²) in [5, 5.41) is 5.68. The number of aryl methyl sites for hydroxylation is 1. The first-order valence-corrected chi connectivity index (χ1v) is 7.18. The lowest BCUT2D eigenvalue weighted by Crippen LogP contribution is -2.36. The molecule has 0 aliphatic carbocycles. The highest BCUT2D eigenvalue weighted by molar-refractivity contribution is 5.74. The standard InChI is InChI=1S/C16H22N4O2/c1-11-5-6-14(22-11)12(2)19-16(21)18-10-13-7-8-17-15(9-13)20(3)4/h5-9,12H,10H2,1-4H3,(H2,18,19,21)/t12-/m1/s1. The van der Waals surface area contributed by atoms with Crippen LogP contribution in [0.3, 0.4) is 0 Å². The molecule has 0 radical (unpaired) electrons. The Morgan fingerprint density at radius 3 is 2.77 bits per heavy atom. The van der Waals surface area contributed by atoms with Crippen molar-refractivity contribution >= 4 is 11.8 Å².